The Kier molecular flexibility index (Phi) is 7.22. The largest absolute Gasteiger partial charge is 0.465 e. The summed E-state index contributed by atoms with van der Waals surface area (Å²) in [6.07, 6.45) is 2.83. The van der Waals surface area contributed by atoms with E-state index in [0.717, 1.165) is 6.07 Å². The van der Waals surface area contributed by atoms with Gasteiger partial charge < -0.3 is 14.0 Å². The molecule has 8 nitrogen and oxygen atoms in total. The number of hydrogen-bond acceptors (Lipinski definition) is 8. The summed E-state index contributed by atoms with van der Waals surface area (Å²) in [7, 11) is 0. The lowest BCUT2D eigenvalue weighted by Gasteiger charge is -2.16. The third-order valence-corrected chi connectivity index (χ3v) is 5.61. The Hall–Kier alpha value is -3.29. The van der Waals surface area contributed by atoms with Gasteiger partial charge in [-0.25, -0.2) is 14.2 Å². The van der Waals surface area contributed by atoms with E-state index in [4.69, 9.17) is 21.1 Å². The van der Waals surface area contributed by atoms with Gasteiger partial charge >= 0.3 is 11.9 Å². The fourth-order valence-electron chi connectivity index (χ4n) is 3.13. The average Bonchev–Trinajstić information content (AvgIpc) is 3.16. The number of fused-ring (bicyclic) bond motifs is 1. The highest BCUT2D eigenvalue weighted by Gasteiger charge is 2.27. The lowest BCUT2D eigenvalue weighted by molar-refractivity contribution is -0.143. The first-order valence-electron chi connectivity index (χ1n) is 9.50. The van der Waals surface area contributed by atoms with E-state index in [2.05, 4.69) is 4.98 Å². The second-order valence-corrected chi connectivity index (χ2v) is 8.20. The zero-order chi connectivity index (χ0) is 23.4. The average molecular weight is 478 g/mol. The van der Waals surface area contributed by atoms with Gasteiger partial charge in [0.25, 0.3) is 0 Å². The SMILES string of the molecule is CCOC(=O)c1cn(Cc2cnc(Cl)s2)c2cc(C(C#N)C(=O)OCC)c(F)cc2c1=O. The summed E-state index contributed by atoms with van der Waals surface area (Å²) < 4.78 is 26.6. The van der Waals surface area contributed by atoms with Crippen LogP contribution >= 0.6 is 22.9 Å². The van der Waals surface area contributed by atoms with Crippen LogP contribution in [0.25, 0.3) is 10.9 Å². The number of benzene rings is 1. The number of nitrogens with zero attached hydrogens (tertiary/aromatic N) is 3. The summed E-state index contributed by atoms with van der Waals surface area (Å²) in [5.74, 6) is -4.21. The molecule has 2 aromatic heterocycles. The van der Waals surface area contributed by atoms with E-state index in [9.17, 15) is 24.0 Å². The van der Waals surface area contributed by atoms with Gasteiger partial charge in [-0.1, -0.05) is 11.6 Å². The monoisotopic (exact) mass is 477 g/mol. The van der Waals surface area contributed by atoms with E-state index in [1.165, 1.54) is 34.4 Å². The first-order chi connectivity index (χ1) is 15.3. The van der Waals surface area contributed by atoms with Gasteiger partial charge in [-0.3, -0.25) is 9.59 Å². The molecule has 32 heavy (non-hydrogen) atoms. The van der Waals surface area contributed by atoms with Gasteiger partial charge in [0.05, 0.1) is 31.3 Å². The van der Waals surface area contributed by atoms with Crippen molar-refractivity contribution in [3.05, 3.63) is 61.0 Å². The Morgan fingerprint density at radius 3 is 2.62 bits per heavy atom. The fraction of sp³-hybridized carbons (Fsp3) is 0.286. The van der Waals surface area contributed by atoms with Crippen molar-refractivity contribution in [2.24, 2.45) is 0 Å². The lowest BCUT2D eigenvalue weighted by Crippen LogP contribution is -2.22. The minimum atomic E-state index is -1.52. The van der Waals surface area contributed by atoms with Crippen LogP contribution in [0.15, 0.2) is 29.3 Å². The maximum absolute atomic E-state index is 14.9. The van der Waals surface area contributed by atoms with Crippen LogP contribution in [0.3, 0.4) is 0 Å². The topological polar surface area (TPSA) is 111 Å². The van der Waals surface area contributed by atoms with Crippen molar-refractivity contribution in [2.45, 2.75) is 26.3 Å². The molecular formula is C21H17ClFN3O5S. The van der Waals surface area contributed by atoms with Crippen LogP contribution in [0.4, 0.5) is 4.39 Å². The molecule has 1 atom stereocenters. The van der Waals surface area contributed by atoms with Gasteiger partial charge in [0.1, 0.15) is 11.4 Å². The molecule has 1 aromatic carbocycles. The van der Waals surface area contributed by atoms with E-state index in [-0.39, 0.29) is 41.8 Å². The van der Waals surface area contributed by atoms with Crippen LogP contribution in [0, 0.1) is 17.1 Å². The number of carbonyl (C=O) groups is 2. The number of ether oxygens (including phenoxy) is 2. The molecule has 2 heterocycles. The summed E-state index contributed by atoms with van der Waals surface area (Å²) >= 11 is 7.09. The zero-order valence-corrected chi connectivity index (χ0v) is 18.6. The second kappa shape index (κ2) is 9.89. The Morgan fingerprint density at radius 2 is 2.03 bits per heavy atom. The molecular weight excluding hydrogens is 461 g/mol. The summed E-state index contributed by atoms with van der Waals surface area (Å²) in [6, 6.07) is 3.90. The van der Waals surface area contributed by atoms with E-state index in [1.807, 2.05) is 0 Å². The first-order valence-corrected chi connectivity index (χ1v) is 10.7. The van der Waals surface area contributed by atoms with E-state index >= 15 is 0 Å². The number of pyridine rings is 1. The summed E-state index contributed by atoms with van der Waals surface area (Å²) in [5, 5.41) is 9.34. The number of nitriles is 1. The van der Waals surface area contributed by atoms with Crippen LogP contribution in [0.5, 0.6) is 0 Å². The van der Waals surface area contributed by atoms with Crippen molar-refractivity contribution in [1.82, 2.24) is 9.55 Å². The van der Waals surface area contributed by atoms with Gasteiger partial charge in [-0.05, 0) is 26.0 Å². The minimum absolute atomic E-state index is 0.0198. The number of hydrogen-bond donors (Lipinski definition) is 0. The highest BCUT2D eigenvalue weighted by atomic mass is 35.5. The molecule has 0 saturated heterocycles. The fourth-order valence-corrected chi connectivity index (χ4v) is 4.11. The molecule has 1 unspecified atom stereocenters. The molecule has 0 spiro atoms. The Bertz CT molecular complexity index is 1300. The second-order valence-electron chi connectivity index (χ2n) is 6.50. The molecule has 0 radical (unpaired) electrons. The number of esters is 2. The van der Waals surface area contributed by atoms with Crippen molar-refractivity contribution < 1.29 is 23.5 Å². The van der Waals surface area contributed by atoms with Crippen LogP contribution in [-0.4, -0.2) is 34.7 Å². The first kappa shape index (κ1) is 23.4. The lowest BCUT2D eigenvalue weighted by atomic mass is 9.97. The molecule has 0 bridgehead atoms. The predicted molar refractivity (Wildman–Crippen MR) is 115 cm³/mol. The van der Waals surface area contributed by atoms with Crippen molar-refractivity contribution in [3.63, 3.8) is 0 Å². The molecule has 11 heteroatoms. The molecule has 0 aliphatic carbocycles. The Morgan fingerprint density at radius 1 is 1.31 bits per heavy atom. The number of carbonyl (C=O) groups excluding carboxylic acids is 2. The maximum Gasteiger partial charge on any atom is 0.343 e. The molecule has 166 valence electrons. The summed E-state index contributed by atoms with van der Waals surface area (Å²) in [5.41, 5.74) is -1.03. The summed E-state index contributed by atoms with van der Waals surface area (Å²) in [6.45, 7) is 3.39. The molecule has 3 aromatic rings. The van der Waals surface area contributed by atoms with E-state index < -0.39 is 29.1 Å². The third kappa shape index (κ3) is 4.64. The molecule has 0 N–H and O–H groups in total. The molecule has 0 aliphatic rings. The number of rotatable bonds is 7. The quantitative estimate of drug-likeness (QED) is 0.477. The molecule has 3 rings (SSSR count). The van der Waals surface area contributed by atoms with Gasteiger partial charge in [0.15, 0.2) is 10.4 Å². The Balaban J connectivity index is 2.27. The normalized spacial score (nSPS) is 11.7. The van der Waals surface area contributed by atoms with E-state index in [0.29, 0.717) is 9.34 Å². The molecule has 0 aliphatic heterocycles. The van der Waals surface area contributed by atoms with Gasteiger partial charge in [0, 0.05) is 28.2 Å². The number of halogens is 2. The standard InChI is InChI=1S/C21H17ClFN3O5S/c1-3-30-19(28)14(7-24)12-6-17-13(5-16(12)23)18(27)15(20(29)31-4-2)10-26(17)9-11-8-25-21(22)32-11/h5-6,8,10,14H,3-4,9H2,1-2H3. The van der Waals surface area contributed by atoms with Crippen LogP contribution in [0.1, 0.15) is 40.6 Å². The van der Waals surface area contributed by atoms with Crippen molar-refractivity contribution in [3.8, 4) is 6.07 Å². The van der Waals surface area contributed by atoms with Crippen LogP contribution < -0.4 is 5.43 Å². The zero-order valence-electron chi connectivity index (χ0n) is 17.1. The van der Waals surface area contributed by atoms with Crippen LogP contribution in [0.2, 0.25) is 4.47 Å². The number of thiazole rings is 1. The van der Waals surface area contributed by atoms with Crippen molar-refractivity contribution in [2.75, 3.05) is 13.2 Å². The molecule has 0 saturated carbocycles. The smallest absolute Gasteiger partial charge is 0.343 e. The van der Waals surface area contributed by atoms with Gasteiger partial charge in [-0.15, -0.1) is 11.3 Å². The summed E-state index contributed by atoms with van der Waals surface area (Å²) in [4.78, 5) is 42.1. The predicted octanol–water partition coefficient (Wildman–Crippen LogP) is 3.65. The highest BCUT2D eigenvalue weighted by Crippen LogP contribution is 2.27. The Labute approximate surface area is 190 Å². The molecule has 0 fully saturated rings. The molecule has 0 amide bonds. The number of aromatic nitrogens is 2. The van der Waals surface area contributed by atoms with Crippen LogP contribution in [-0.2, 0) is 20.8 Å². The van der Waals surface area contributed by atoms with E-state index in [1.54, 1.807) is 19.9 Å². The van der Waals surface area contributed by atoms with Crippen molar-refractivity contribution >= 4 is 45.8 Å². The van der Waals surface area contributed by atoms with Gasteiger partial charge in [-0.2, -0.15) is 5.26 Å². The van der Waals surface area contributed by atoms with Crippen molar-refractivity contribution in [1.29, 1.82) is 5.26 Å². The minimum Gasteiger partial charge on any atom is -0.465 e. The third-order valence-electron chi connectivity index (χ3n) is 4.51. The maximum atomic E-state index is 14.9. The highest BCUT2D eigenvalue weighted by molar-refractivity contribution is 7.15. The van der Waals surface area contributed by atoms with Gasteiger partial charge in [0.2, 0.25) is 5.43 Å².